The number of anilines is 1. The minimum atomic E-state index is -0.278. The van der Waals surface area contributed by atoms with Gasteiger partial charge in [-0.1, -0.05) is 72.4 Å². The van der Waals surface area contributed by atoms with Crippen molar-refractivity contribution >= 4 is 29.3 Å². The number of carbonyl (C=O) groups is 2. The van der Waals surface area contributed by atoms with Crippen LogP contribution in [0, 0.1) is 13.8 Å². The topological polar surface area (TPSA) is 49.4 Å². The van der Waals surface area contributed by atoms with Gasteiger partial charge in [0.05, 0.1) is 0 Å². The molecule has 31 heavy (non-hydrogen) atoms. The summed E-state index contributed by atoms with van der Waals surface area (Å²) in [6.07, 6.45) is 0.623. The Morgan fingerprint density at radius 3 is 2.23 bits per heavy atom. The Balaban J connectivity index is 1.64. The highest BCUT2D eigenvalue weighted by Gasteiger charge is 2.39. The molecule has 0 atom stereocenters. The van der Waals surface area contributed by atoms with Gasteiger partial charge in [-0.25, -0.2) is 0 Å². The van der Waals surface area contributed by atoms with Gasteiger partial charge in [-0.15, -0.1) is 0 Å². The molecule has 0 saturated heterocycles. The zero-order valence-electron chi connectivity index (χ0n) is 17.6. The fourth-order valence-corrected chi connectivity index (χ4v) is 4.43. The molecule has 0 radical (unpaired) electrons. The summed E-state index contributed by atoms with van der Waals surface area (Å²) in [4.78, 5) is 29.3. The smallest absolute Gasteiger partial charge is 0.278 e. The van der Waals surface area contributed by atoms with Crippen molar-refractivity contribution in [3.05, 3.63) is 106 Å². The van der Waals surface area contributed by atoms with Crippen LogP contribution < -0.4 is 5.32 Å². The summed E-state index contributed by atoms with van der Waals surface area (Å²) in [6, 6.07) is 25.6. The van der Waals surface area contributed by atoms with E-state index in [1.165, 1.54) is 16.7 Å². The second-order valence-electron chi connectivity index (χ2n) is 7.56. The second kappa shape index (κ2) is 9.23. The highest BCUT2D eigenvalue weighted by atomic mass is 32.2. The summed E-state index contributed by atoms with van der Waals surface area (Å²) in [5, 5.41) is 3.28. The molecule has 0 unspecified atom stereocenters. The van der Waals surface area contributed by atoms with Crippen LogP contribution in [0.5, 0.6) is 0 Å². The molecule has 156 valence electrons. The number of thioether (sulfide) groups is 1. The lowest BCUT2D eigenvalue weighted by Gasteiger charge is -2.16. The molecule has 4 nitrogen and oxygen atoms in total. The number of nitrogens with one attached hydrogen (secondary N) is 1. The van der Waals surface area contributed by atoms with E-state index in [1.54, 1.807) is 0 Å². The summed E-state index contributed by atoms with van der Waals surface area (Å²) >= 11 is 1.33. The van der Waals surface area contributed by atoms with Crippen molar-refractivity contribution in [1.82, 2.24) is 4.90 Å². The number of benzene rings is 3. The van der Waals surface area contributed by atoms with Crippen molar-refractivity contribution in [3.63, 3.8) is 0 Å². The summed E-state index contributed by atoms with van der Waals surface area (Å²) in [5.74, 6) is -0.525. The first-order valence-electron chi connectivity index (χ1n) is 10.2. The van der Waals surface area contributed by atoms with Crippen molar-refractivity contribution in [2.24, 2.45) is 0 Å². The van der Waals surface area contributed by atoms with Crippen molar-refractivity contribution in [3.8, 4) is 0 Å². The average molecular weight is 429 g/mol. The third-order valence-corrected chi connectivity index (χ3v) is 6.30. The molecule has 1 aliphatic rings. The van der Waals surface area contributed by atoms with Crippen LogP contribution in [-0.4, -0.2) is 23.3 Å². The normalized spacial score (nSPS) is 13.8. The summed E-state index contributed by atoms with van der Waals surface area (Å²) < 4.78 is 0. The van der Waals surface area contributed by atoms with E-state index < -0.39 is 0 Å². The third-order valence-electron chi connectivity index (χ3n) is 5.21. The molecule has 0 spiro atoms. The predicted molar refractivity (Wildman–Crippen MR) is 126 cm³/mol. The Morgan fingerprint density at radius 1 is 0.839 bits per heavy atom. The minimum Gasteiger partial charge on any atom is -0.350 e. The SMILES string of the molecule is Cc1ccc(C)c(NC2=C(Sc3ccccc3)C(=O)N(CCc3ccccc3)C2=O)c1. The summed E-state index contributed by atoms with van der Waals surface area (Å²) in [6.45, 7) is 4.34. The van der Waals surface area contributed by atoms with Crippen molar-refractivity contribution in [1.29, 1.82) is 0 Å². The van der Waals surface area contributed by atoms with Crippen molar-refractivity contribution in [2.75, 3.05) is 11.9 Å². The average Bonchev–Trinajstić information content (AvgIpc) is 3.00. The second-order valence-corrected chi connectivity index (χ2v) is 8.64. The number of nitrogens with zero attached hydrogens (tertiary/aromatic N) is 1. The van der Waals surface area contributed by atoms with E-state index >= 15 is 0 Å². The lowest BCUT2D eigenvalue weighted by Crippen LogP contribution is -2.34. The van der Waals surface area contributed by atoms with Crippen LogP contribution in [-0.2, 0) is 16.0 Å². The molecule has 4 rings (SSSR count). The fourth-order valence-electron chi connectivity index (χ4n) is 3.46. The monoisotopic (exact) mass is 428 g/mol. The molecule has 0 aliphatic carbocycles. The molecule has 5 heteroatoms. The lowest BCUT2D eigenvalue weighted by molar-refractivity contribution is -0.137. The molecular formula is C26H24N2O2S. The van der Waals surface area contributed by atoms with Gasteiger partial charge in [0.25, 0.3) is 11.8 Å². The van der Waals surface area contributed by atoms with E-state index in [-0.39, 0.29) is 11.8 Å². The summed E-state index contributed by atoms with van der Waals surface area (Å²) in [7, 11) is 0. The Bertz CT molecular complexity index is 1140. The van der Waals surface area contributed by atoms with E-state index in [4.69, 9.17) is 0 Å². The van der Waals surface area contributed by atoms with Gasteiger partial charge in [0.1, 0.15) is 10.6 Å². The maximum Gasteiger partial charge on any atom is 0.278 e. The molecule has 0 bridgehead atoms. The van der Waals surface area contributed by atoms with Crippen LogP contribution in [0.4, 0.5) is 5.69 Å². The van der Waals surface area contributed by atoms with Crippen molar-refractivity contribution in [2.45, 2.75) is 25.2 Å². The molecular weight excluding hydrogens is 404 g/mol. The largest absolute Gasteiger partial charge is 0.350 e. The minimum absolute atomic E-state index is 0.248. The first-order valence-corrected chi connectivity index (χ1v) is 11.1. The maximum absolute atomic E-state index is 13.3. The standard InChI is InChI=1S/C26H24N2O2S/c1-18-13-14-19(2)22(17-18)27-23-24(31-21-11-7-4-8-12-21)26(30)28(25(23)29)16-15-20-9-5-3-6-10-20/h3-14,17,27H,15-16H2,1-2H3. The number of imide groups is 1. The third kappa shape index (κ3) is 4.72. The highest BCUT2D eigenvalue weighted by molar-refractivity contribution is 8.04. The summed E-state index contributed by atoms with van der Waals surface area (Å²) in [5.41, 5.74) is 4.39. The fraction of sp³-hybridized carbons (Fsp3) is 0.154. The molecule has 1 heterocycles. The Labute approximate surface area is 187 Å². The van der Waals surface area contributed by atoms with Gasteiger partial charge in [0, 0.05) is 17.1 Å². The Kier molecular flexibility index (Phi) is 6.23. The van der Waals surface area contributed by atoms with Crippen LogP contribution in [0.25, 0.3) is 0 Å². The van der Waals surface area contributed by atoms with Crippen LogP contribution in [0.2, 0.25) is 0 Å². The lowest BCUT2D eigenvalue weighted by atomic mass is 10.1. The van der Waals surface area contributed by atoms with Crippen LogP contribution >= 0.6 is 11.8 Å². The van der Waals surface area contributed by atoms with E-state index in [0.717, 1.165) is 27.3 Å². The Morgan fingerprint density at radius 2 is 1.52 bits per heavy atom. The molecule has 0 saturated carbocycles. The number of carbonyl (C=O) groups excluding carboxylic acids is 2. The van der Waals surface area contributed by atoms with Gasteiger partial charge < -0.3 is 5.32 Å². The zero-order chi connectivity index (χ0) is 21.8. The zero-order valence-corrected chi connectivity index (χ0v) is 18.4. The number of rotatable bonds is 7. The van der Waals surface area contributed by atoms with E-state index in [0.29, 0.717) is 23.6 Å². The molecule has 0 aromatic heterocycles. The first kappa shape index (κ1) is 20.9. The van der Waals surface area contributed by atoms with E-state index in [9.17, 15) is 9.59 Å². The van der Waals surface area contributed by atoms with Crippen LogP contribution in [0.1, 0.15) is 16.7 Å². The molecule has 0 fully saturated rings. The number of amides is 2. The number of hydrogen-bond acceptors (Lipinski definition) is 4. The van der Waals surface area contributed by atoms with Gasteiger partial charge in [-0.2, -0.15) is 0 Å². The van der Waals surface area contributed by atoms with Crippen LogP contribution in [0.3, 0.4) is 0 Å². The van der Waals surface area contributed by atoms with Gasteiger partial charge in [-0.05, 0) is 55.2 Å². The molecule has 1 aliphatic heterocycles. The Hall–Kier alpha value is -3.31. The number of hydrogen-bond donors (Lipinski definition) is 1. The van der Waals surface area contributed by atoms with E-state index in [1.807, 2.05) is 92.7 Å². The quantitative estimate of drug-likeness (QED) is 0.517. The van der Waals surface area contributed by atoms with Gasteiger partial charge >= 0.3 is 0 Å². The molecule has 1 N–H and O–H groups in total. The predicted octanol–water partition coefficient (Wildman–Crippen LogP) is 5.33. The van der Waals surface area contributed by atoms with Gasteiger partial charge in [0.15, 0.2) is 0 Å². The van der Waals surface area contributed by atoms with Crippen LogP contribution in [0.15, 0.2) is 94.4 Å². The molecule has 2 amide bonds. The molecule has 3 aromatic rings. The van der Waals surface area contributed by atoms with Crippen molar-refractivity contribution < 1.29 is 9.59 Å². The highest BCUT2D eigenvalue weighted by Crippen LogP contribution is 2.36. The molecule has 3 aromatic carbocycles. The maximum atomic E-state index is 13.3. The van der Waals surface area contributed by atoms with Gasteiger partial charge in [-0.3, -0.25) is 14.5 Å². The van der Waals surface area contributed by atoms with E-state index in [2.05, 4.69) is 5.32 Å². The number of aryl methyl sites for hydroxylation is 2. The van der Waals surface area contributed by atoms with Gasteiger partial charge in [0.2, 0.25) is 0 Å². The first-order chi connectivity index (χ1) is 15.0.